The second kappa shape index (κ2) is 8.85. The van der Waals surface area contributed by atoms with E-state index in [-0.39, 0.29) is 31.4 Å². The van der Waals surface area contributed by atoms with Crippen molar-refractivity contribution >= 4 is 15.9 Å². The molecule has 0 radical (unpaired) electrons. The van der Waals surface area contributed by atoms with E-state index in [2.05, 4.69) is 5.32 Å². The van der Waals surface area contributed by atoms with E-state index in [0.29, 0.717) is 18.4 Å². The summed E-state index contributed by atoms with van der Waals surface area (Å²) < 4.78 is 38.3. The topological polar surface area (TPSA) is 66.5 Å². The van der Waals surface area contributed by atoms with Crippen molar-refractivity contribution in [2.45, 2.75) is 26.2 Å². The van der Waals surface area contributed by atoms with Crippen molar-refractivity contribution in [1.82, 2.24) is 9.62 Å². The van der Waals surface area contributed by atoms with Crippen molar-refractivity contribution < 1.29 is 17.6 Å². The minimum atomic E-state index is -3.40. The third kappa shape index (κ3) is 6.53. The Bertz CT molecular complexity index is 590. The van der Waals surface area contributed by atoms with Gasteiger partial charge in [0.25, 0.3) is 0 Å². The number of carbonyl (C=O) groups is 1. The number of nitrogens with one attached hydrogen (secondary N) is 1. The Morgan fingerprint density at radius 1 is 1.27 bits per heavy atom. The fourth-order valence-electron chi connectivity index (χ4n) is 2.03. The molecule has 0 aliphatic rings. The van der Waals surface area contributed by atoms with Crippen LogP contribution in [0.5, 0.6) is 0 Å². The fraction of sp³-hybridized carbons (Fsp3) is 0.533. The van der Waals surface area contributed by atoms with Gasteiger partial charge < -0.3 is 5.32 Å². The molecule has 124 valence electrons. The molecule has 0 heterocycles. The first-order valence-electron chi connectivity index (χ1n) is 7.29. The van der Waals surface area contributed by atoms with Crippen LogP contribution in [0.25, 0.3) is 0 Å². The largest absolute Gasteiger partial charge is 0.355 e. The van der Waals surface area contributed by atoms with E-state index in [0.717, 1.165) is 12.7 Å². The lowest BCUT2D eigenvalue weighted by molar-refractivity contribution is -0.121. The summed E-state index contributed by atoms with van der Waals surface area (Å²) >= 11 is 0. The van der Waals surface area contributed by atoms with E-state index in [9.17, 15) is 17.6 Å². The van der Waals surface area contributed by atoms with E-state index >= 15 is 0 Å². The molecule has 0 fully saturated rings. The number of halogens is 1. The van der Waals surface area contributed by atoms with Gasteiger partial charge in [0, 0.05) is 26.1 Å². The maximum absolute atomic E-state index is 13.6. The van der Waals surface area contributed by atoms with Crippen molar-refractivity contribution in [2.75, 3.05) is 25.9 Å². The van der Waals surface area contributed by atoms with Crippen LogP contribution in [-0.2, 0) is 21.2 Å². The average Bonchev–Trinajstić information content (AvgIpc) is 2.43. The Balaban J connectivity index is 2.55. The standard InChI is InChI=1S/C15H23FN2O3S/c1-3-6-15(19)17-10-12-18(22(2,20)21)11-9-13-7-4-5-8-14(13)16/h4-5,7-8H,3,6,9-12H2,1-2H3,(H,17,19). The molecular weight excluding hydrogens is 307 g/mol. The predicted octanol–water partition coefficient (Wildman–Crippen LogP) is 1.55. The van der Waals surface area contributed by atoms with E-state index in [4.69, 9.17) is 0 Å². The van der Waals surface area contributed by atoms with Crippen LogP contribution in [0, 0.1) is 5.82 Å². The predicted molar refractivity (Wildman–Crippen MR) is 84.4 cm³/mol. The van der Waals surface area contributed by atoms with Crippen LogP contribution in [0.2, 0.25) is 0 Å². The molecule has 1 aromatic carbocycles. The highest BCUT2D eigenvalue weighted by Gasteiger charge is 2.17. The lowest BCUT2D eigenvalue weighted by Crippen LogP contribution is -2.39. The monoisotopic (exact) mass is 330 g/mol. The van der Waals surface area contributed by atoms with Crippen LogP contribution < -0.4 is 5.32 Å². The fourth-order valence-corrected chi connectivity index (χ4v) is 2.87. The minimum Gasteiger partial charge on any atom is -0.355 e. The number of carbonyl (C=O) groups excluding carboxylic acids is 1. The van der Waals surface area contributed by atoms with E-state index in [1.807, 2.05) is 6.92 Å². The summed E-state index contributed by atoms with van der Waals surface area (Å²) in [5, 5.41) is 2.68. The summed E-state index contributed by atoms with van der Waals surface area (Å²) in [4.78, 5) is 11.4. The first kappa shape index (κ1) is 18.6. The van der Waals surface area contributed by atoms with Gasteiger partial charge in [-0.1, -0.05) is 25.1 Å². The second-order valence-corrected chi connectivity index (χ2v) is 7.09. The Morgan fingerprint density at radius 3 is 2.55 bits per heavy atom. The summed E-state index contributed by atoms with van der Waals surface area (Å²) in [6.07, 6.45) is 2.58. The lowest BCUT2D eigenvalue weighted by Gasteiger charge is -2.20. The minimum absolute atomic E-state index is 0.0925. The van der Waals surface area contributed by atoms with Crippen LogP contribution >= 0.6 is 0 Å². The number of rotatable bonds is 9. The summed E-state index contributed by atoms with van der Waals surface area (Å²) in [5.74, 6) is -0.433. The first-order chi connectivity index (χ1) is 10.3. The summed E-state index contributed by atoms with van der Waals surface area (Å²) in [7, 11) is -3.40. The van der Waals surface area contributed by atoms with E-state index in [1.54, 1.807) is 18.2 Å². The Morgan fingerprint density at radius 2 is 1.95 bits per heavy atom. The molecule has 5 nitrogen and oxygen atoms in total. The zero-order valence-corrected chi connectivity index (χ0v) is 13.8. The van der Waals surface area contributed by atoms with Crippen molar-refractivity contribution in [1.29, 1.82) is 0 Å². The molecule has 0 saturated carbocycles. The third-order valence-corrected chi connectivity index (χ3v) is 4.52. The van der Waals surface area contributed by atoms with Crippen LogP contribution in [0.15, 0.2) is 24.3 Å². The van der Waals surface area contributed by atoms with Gasteiger partial charge in [-0.3, -0.25) is 4.79 Å². The van der Waals surface area contributed by atoms with E-state index < -0.39 is 10.0 Å². The summed E-state index contributed by atoms with van der Waals surface area (Å²) in [6.45, 7) is 2.52. The first-order valence-corrected chi connectivity index (χ1v) is 9.14. The van der Waals surface area contributed by atoms with Gasteiger partial charge >= 0.3 is 0 Å². The zero-order chi connectivity index (χ0) is 16.6. The third-order valence-electron chi connectivity index (χ3n) is 3.22. The highest BCUT2D eigenvalue weighted by atomic mass is 32.2. The van der Waals surface area contributed by atoms with Gasteiger partial charge in [-0.25, -0.2) is 17.1 Å². The molecule has 1 aromatic rings. The molecule has 0 bridgehead atoms. The molecule has 0 aromatic heterocycles. The van der Waals surface area contributed by atoms with Crippen molar-refractivity contribution in [2.24, 2.45) is 0 Å². The van der Waals surface area contributed by atoms with Crippen molar-refractivity contribution in [3.8, 4) is 0 Å². The molecule has 1 rings (SSSR count). The number of hydrogen-bond acceptors (Lipinski definition) is 3. The average molecular weight is 330 g/mol. The van der Waals surface area contributed by atoms with Crippen LogP contribution in [0.4, 0.5) is 4.39 Å². The van der Waals surface area contributed by atoms with Crippen molar-refractivity contribution in [3.05, 3.63) is 35.6 Å². The molecule has 22 heavy (non-hydrogen) atoms. The number of amides is 1. The zero-order valence-electron chi connectivity index (χ0n) is 13.0. The van der Waals surface area contributed by atoms with Gasteiger partial charge in [-0.15, -0.1) is 0 Å². The molecule has 0 unspecified atom stereocenters. The number of benzene rings is 1. The molecule has 0 saturated heterocycles. The molecule has 0 aliphatic heterocycles. The lowest BCUT2D eigenvalue weighted by atomic mass is 10.1. The maximum atomic E-state index is 13.6. The van der Waals surface area contributed by atoms with E-state index in [1.165, 1.54) is 10.4 Å². The number of sulfonamides is 1. The molecule has 1 N–H and O–H groups in total. The van der Waals surface area contributed by atoms with Crippen LogP contribution in [0.3, 0.4) is 0 Å². The Hall–Kier alpha value is -1.47. The van der Waals surface area contributed by atoms with Gasteiger partial charge in [0.2, 0.25) is 15.9 Å². The smallest absolute Gasteiger partial charge is 0.220 e. The SMILES string of the molecule is CCCC(=O)NCCN(CCc1ccccc1F)S(C)(=O)=O. The van der Waals surface area contributed by atoms with Gasteiger partial charge in [0.15, 0.2) is 0 Å². The highest BCUT2D eigenvalue weighted by Crippen LogP contribution is 2.09. The molecule has 0 atom stereocenters. The van der Waals surface area contributed by atoms with Gasteiger partial charge in [-0.05, 0) is 24.5 Å². The van der Waals surface area contributed by atoms with Gasteiger partial charge in [-0.2, -0.15) is 0 Å². The van der Waals surface area contributed by atoms with Crippen LogP contribution in [0.1, 0.15) is 25.3 Å². The van der Waals surface area contributed by atoms with Gasteiger partial charge in [0.1, 0.15) is 5.82 Å². The number of nitrogens with zero attached hydrogens (tertiary/aromatic N) is 1. The maximum Gasteiger partial charge on any atom is 0.220 e. The summed E-state index contributed by atoms with van der Waals surface area (Å²) in [5.41, 5.74) is 0.478. The summed E-state index contributed by atoms with van der Waals surface area (Å²) in [6, 6.07) is 6.30. The molecular formula is C15H23FN2O3S. The van der Waals surface area contributed by atoms with Crippen molar-refractivity contribution in [3.63, 3.8) is 0 Å². The number of hydrogen-bond donors (Lipinski definition) is 1. The molecule has 0 aliphatic carbocycles. The Labute approximate surface area is 131 Å². The second-order valence-electron chi connectivity index (χ2n) is 5.10. The van der Waals surface area contributed by atoms with Gasteiger partial charge in [0.05, 0.1) is 6.26 Å². The quantitative estimate of drug-likeness (QED) is 0.747. The molecule has 0 spiro atoms. The Kier molecular flexibility index (Phi) is 7.47. The normalized spacial score (nSPS) is 11.6. The van der Waals surface area contributed by atoms with Crippen LogP contribution in [-0.4, -0.2) is 44.5 Å². The molecule has 1 amide bonds. The highest BCUT2D eigenvalue weighted by molar-refractivity contribution is 7.88. The molecule has 7 heteroatoms.